The van der Waals surface area contributed by atoms with Gasteiger partial charge in [-0.15, -0.1) is 0 Å². The first-order chi connectivity index (χ1) is 9.54. The average Bonchev–Trinajstić information content (AvgIpc) is 2.74. The summed E-state index contributed by atoms with van der Waals surface area (Å²) in [4.78, 5) is 16.5. The van der Waals surface area contributed by atoms with Crippen LogP contribution < -0.4 is 5.73 Å². The van der Waals surface area contributed by atoms with E-state index >= 15 is 0 Å². The predicted octanol–water partition coefficient (Wildman–Crippen LogP) is 2.77. The lowest BCUT2D eigenvalue weighted by atomic mass is 10.2. The molecule has 0 saturated carbocycles. The van der Waals surface area contributed by atoms with Crippen LogP contribution in [0.1, 0.15) is 33.2 Å². The summed E-state index contributed by atoms with van der Waals surface area (Å²) in [7, 11) is 0. The largest absolute Gasteiger partial charge is 0.464 e. The number of nitrogens with zero attached hydrogens (tertiary/aromatic N) is 2. The molecule has 1 aromatic carbocycles. The second-order valence-electron chi connectivity index (χ2n) is 5.28. The number of imidazole rings is 1. The smallest absolute Gasteiger partial charge is 0.329 e. The molecule has 2 N–H and O–H groups in total. The Hall–Kier alpha value is -2.04. The monoisotopic (exact) mass is 275 g/mol. The van der Waals surface area contributed by atoms with Crippen LogP contribution in [-0.2, 0) is 9.53 Å². The number of anilines is 1. The summed E-state index contributed by atoms with van der Waals surface area (Å²) in [5, 5.41) is 0. The van der Waals surface area contributed by atoms with E-state index in [1.54, 1.807) is 4.57 Å². The van der Waals surface area contributed by atoms with Gasteiger partial charge in [-0.2, -0.15) is 0 Å². The third-order valence-corrected chi connectivity index (χ3v) is 3.15. The molecule has 1 heterocycles. The third-order valence-electron chi connectivity index (χ3n) is 3.15. The molecular formula is C15H21N3O2. The van der Waals surface area contributed by atoms with E-state index in [0.29, 0.717) is 24.9 Å². The number of hydrogen-bond acceptors (Lipinski definition) is 4. The molecule has 0 spiro atoms. The van der Waals surface area contributed by atoms with Gasteiger partial charge < -0.3 is 10.5 Å². The maximum absolute atomic E-state index is 12.2. The van der Waals surface area contributed by atoms with E-state index in [2.05, 4.69) is 4.98 Å². The van der Waals surface area contributed by atoms with E-state index in [1.165, 1.54) is 0 Å². The van der Waals surface area contributed by atoms with Crippen molar-refractivity contribution in [2.45, 2.75) is 33.2 Å². The first kappa shape index (κ1) is 14.4. The lowest BCUT2D eigenvalue weighted by Gasteiger charge is -2.18. The highest BCUT2D eigenvalue weighted by Gasteiger charge is 2.24. The number of ether oxygens (including phenoxy) is 1. The van der Waals surface area contributed by atoms with Gasteiger partial charge in [0.15, 0.2) is 0 Å². The minimum atomic E-state index is -0.429. The fourth-order valence-corrected chi connectivity index (χ4v) is 2.19. The van der Waals surface area contributed by atoms with Crippen LogP contribution in [0.4, 0.5) is 5.95 Å². The van der Waals surface area contributed by atoms with Gasteiger partial charge >= 0.3 is 5.97 Å². The third kappa shape index (κ3) is 2.76. The van der Waals surface area contributed by atoms with E-state index in [9.17, 15) is 4.79 Å². The molecule has 20 heavy (non-hydrogen) atoms. The van der Waals surface area contributed by atoms with Crippen molar-refractivity contribution in [2.75, 3.05) is 12.3 Å². The molecular weight excluding hydrogens is 254 g/mol. The highest BCUT2D eigenvalue weighted by molar-refractivity contribution is 5.83. The van der Waals surface area contributed by atoms with Crippen LogP contribution in [0, 0.1) is 5.92 Å². The van der Waals surface area contributed by atoms with Crippen molar-refractivity contribution in [3.05, 3.63) is 24.3 Å². The number of carbonyl (C=O) groups is 1. The summed E-state index contributed by atoms with van der Waals surface area (Å²) in [6.07, 6.45) is 0.613. The maximum Gasteiger partial charge on any atom is 0.329 e. The van der Waals surface area contributed by atoms with Crippen LogP contribution in [0.25, 0.3) is 11.0 Å². The lowest BCUT2D eigenvalue weighted by molar-refractivity contribution is -0.148. The van der Waals surface area contributed by atoms with Crippen molar-refractivity contribution in [1.29, 1.82) is 0 Å². The Labute approximate surface area is 118 Å². The van der Waals surface area contributed by atoms with Gasteiger partial charge in [-0.25, -0.2) is 9.78 Å². The fraction of sp³-hybridized carbons (Fsp3) is 0.467. The van der Waals surface area contributed by atoms with Gasteiger partial charge in [0.2, 0.25) is 5.95 Å². The SMILES string of the molecule is CCC(C(=O)OCC(C)C)n1c(N)nc2ccccc21. The average molecular weight is 275 g/mol. The Kier molecular flexibility index (Phi) is 4.27. The predicted molar refractivity (Wildman–Crippen MR) is 79.3 cm³/mol. The highest BCUT2D eigenvalue weighted by atomic mass is 16.5. The molecule has 0 fully saturated rings. The van der Waals surface area contributed by atoms with Crippen molar-refractivity contribution in [3.63, 3.8) is 0 Å². The number of aromatic nitrogens is 2. The van der Waals surface area contributed by atoms with Crippen molar-refractivity contribution < 1.29 is 9.53 Å². The van der Waals surface area contributed by atoms with Crippen molar-refractivity contribution in [3.8, 4) is 0 Å². The summed E-state index contributed by atoms with van der Waals surface area (Å²) in [6.45, 7) is 6.38. The molecule has 0 aliphatic carbocycles. The van der Waals surface area contributed by atoms with Gasteiger partial charge in [-0.3, -0.25) is 4.57 Å². The van der Waals surface area contributed by atoms with Crippen LogP contribution >= 0.6 is 0 Å². The first-order valence-corrected chi connectivity index (χ1v) is 6.93. The Balaban J connectivity index is 2.34. The van der Waals surface area contributed by atoms with Gasteiger partial charge in [-0.1, -0.05) is 32.9 Å². The molecule has 1 aromatic heterocycles. The Morgan fingerprint density at radius 2 is 2.10 bits per heavy atom. The van der Waals surface area contributed by atoms with E-state index in [4.69, 9.17) is 10.5 Å². The minimum absolute atomic E-state index is 0.254. The van der Waals surface area contributed by atoms with E-state index in [-0.39, 0.29) is 5.97 Å². The topological polar surface area (TPSA) is 70.1 Å². The molecule has 5 nitrogen and oxygen atoms in total. The summed E-state index contributed by atoms with van der Waals surface area (Å²) >= 11 is 0. The van der Waals surface area contributed by atoms with Crippen LogP contribution in [0.2, 0.25) is 0 Å². The van der Waals surface area contributed by atoms with Crippen LogP contribution in [0.15, 0.2) is 24.3 Å². The standard InChI is InChI=1S/C15H21N3O2/c1-4-12(14(19)20-9-10(2)3)18-13-8-6-5-7-11(13)17-15(18)16/h5-8,10,12H,4,9H2,1-3H3,(H2,16,17). The number of benzene rings is 1. The number of nitrogens with two attached hydrogens (primary N) is 1. The van der Waals surface area contributed by atoms with E-state index < -0.39 is 6.04 Å². The summed E-state index contributed by atoms with van der Waals surface area (Å²) in [6, 6.07) is 7.18. The molecule has 108 valence electrons. The van der Waals surface area contributed by atoms with Gasteiger partial charge in [0.25, 0.3) is 0 Å². The Morgan fingerprint density at radius 3 is 2.75 bits per heavy atom. The zero-order chi connectivity index (χ0) is 14.7. The normalized spacial score (nSPS) is 12.8. The number of nitrogen functional groups attached to an aromatic ring is 1. The zero-order valence-electron chi connectivity index (χ0n) is 12.2. The van der Waals surface area contributed by atoms with Gasteiger partial charge in [0.1, 0.15) is 6.04 Å². The number of hydrogen-bond donors (Lipinski definition) is 1. The zero-order valence-corrected chi connectivity index (χ0v) is 12.2. The summed E-state index contributed by atoms with van der Waals surface area (Å²) in [5.74, 6) is 0.406. The van der Waals surface area contributed by atoms with Gasteiger partial charge in [-0.05, 0) is 24.5 Å². The molecule has 2 aromatic rings. The fourth-order valence-electron chi connectivity index (χ4n) is 2.19. The molecule has 0 amide bonds. The molecule has 0 radical (unpaired) electrons. The molecule has 0 aliphatic heterocycles. The van der Waals surface area contributed by atoms with Crippen molar-refractivity contribution in [1.82, 2.24) is 9.55 Å². The molecule has 1 atom stereocenters. The number of rotatable bonds is 5. The van der Waals surface area contributed by atoms with Crippen molar-refractivity contribution in [2.24, 2.45) is 5.92 Å². The van der Waals surface area contributed by atoms with Gasteiger partial charge in [0, 0.05) is 0 Å². The van der Waals surface area contributed by atoms with Crippen molar-refractivity contribution >= 4 is 23.0 Å². The number of para-hydroxylation sites is 2. The Morgan fingerprint density at radius 1 is 1.40 bits per heavy atom. The second kappa shape index (κ2) is 5.94. The highest BCUT2D eigenvalue weighted by Crippen LogP contribution is 2.25. The second-order valence-corrected chi connectivity index (χ2v) is 5.28. The molecule has 2 rings (SSSR count). The lowest BCUT2D eigenvalue weighted by Crippen LogP contribution is -2.24. The minimum Gasteiger partial charge on any atom is -0.464 e. The maximum atomic E-state index is 12.2. The Bertz CT molecular complexity index is 604. The van der Waals surface area contributed by atoms with Crippen LogP contribution in [-0.4, -0.2) is 22.1 Å². The summed E-state index contributed by atoms with van der Waals surface area (Å²) < 4.78 is 7.10. The summed E-state index contributed by atoms with van der Waals surface area (Å²) in [5.41, 5.74) is 7.62. The van der Waals surface area contributed by atoms with Crippen LogP contribution in [0.3, 0.4) is 0 Å². The van der Waals surface area contributed by atoms with E-state index in [0.717, 1.165) is 11.0 Å². The molecule has 0 saturated heterocycles. The van der Waals surface area contributed by atoms with Crippen LogP contribution in [0.5, 0.6) is 0 Å². The first-order valence-electron chi connectivity index (χ1n) is 6.93. The number of carbonyl (C=O) groups excluding carboxylic acids is 1. The molecule has 5 heteroatoms. The molecule has 0 bridgehead atoms. The number of fused-ring (bicyclic) bond motifs is 1. The molecule has 1 unspecified atom stereocenters. The molecule has 0 aliphatic rings. The van der Waals surface area contributed by atoms with E-state index in [1.807, 2.05) is 45.0 Å². The number of esters is 1. The quantitative estimate of drug-likeness (QED) is 0.852. The van der Waals surface area contributed by atoms with Gasteiger partial charge in [0.05, 0.1) is 17.6 Å².